The molecule has 0 aliphatic heterocycles. The van der Waals surface area contributed by atoms with E-state index >= 15 is 0 Å². The van der Waals surface area contributed by atoms with Crippen LogP contribution in [0.25, 0.3) is 15.9 Å². The highest BCUT2D eigenvalue weighted by Gasteiger charge is 2.25. The van der Waals surface area contributed by atoms with Gasteiger partial charge in [-0.3, -0.25) is 9.36 Å². The molecule has 1 aliphatic rings. The van der Waals surface area contributed by atoms with Gasteiger partial charge in [0.1, 0.15) is 5.82 Å². The SMILES string of the molecule is O=c1ccccn1-c1ccc(N[C@H]2CC[C@H](Nc3nc4ccccc4s3)C2)nc1. The summed E-state index contributed by atoms with van der Waals surface area (Å²) in [6, 6.07) is 18.0. The van der Waals surface area contributed by atoms with Crippen molar-refractivity contribution in [2.75, 3.05) is 10.6 Å². The molecule has 2 atom stereocenters. The zero-order valence-electron chi connectivity index (χ0n) is 15.8. The summed E-state index contributed by atoms with van der Waals surface area (Å²) in [7, 11) is 0. The van der Waals surface area contributed by atoms with Gasteiger partial charge in [-0.25, -0.2) is 9.97 Å². The molecule has 1 saturated carbocycles. The van der Waals surface area contributed by atoms with E-state index in [1.165, 1.54) is 4.70 Å². The molecule has 1 fully saturated rings. The van der Waals surface area contributed by atoms with Crippen molar-refractivity contribution in [3.63, 3.8) is 0 Å². The number of para-hydroxylation sites is 1. The fourth-order valence-corrected chi connectivity index (χ4v) is 4.76. The molecule has 5 rings (SSSR count). The van der Waals surface area contributed by atoms with Gasteiger partial charge in [0.2, 0.25) is 0 Å². The molecule has 3 aromatic heterocycles. The first-order chi connectivity index (χ1) is 14.2. The maximum Gasteiger partial charge on any atom is 0.255 e. The van der Waals surface area contributed by atoms with Crippen molar-refractivity contribution in [2.45, 2.75) is 31.3 Å². The Balaban J connectivity index is 1.21. The third-order valence-corrected chi connectivity index (χ3v) is 6.22. The quantitative estimate of drug-likeness (QED) is 0.520. The van der Waals surface area contributed by atoms with Crippen LogP contribution in [0.1, 0.15) is 19.3 Å². The van der Waals surface area contributed by atoms with Gasteiger partial charge in [0, 0.05) is 24.3 Å². The minimum Gasteiger partial charge on any atom is -0.367 e. The third-order valence-electron chi connectivity index (χ3n) is 5.25. The Morgan fingerprint density at radius 2 is 1.79 bits per heavy atom. The van der Waals surface area contributed by atoms with E-state index in [0.29, 0.717) is 12.1 Å². The van der Waals surface area contributed by atoms with Crippen molar-refractivity contribution in [1.82, 2.24) is 14.5 Å². The largest absolute Gasteiger partial charge is 0.367 e. The van der Waals surface area contributed by atoms with Gasteiger partial charge in [-0.2, -0.15) is 0 Å². The van der Waals surface area contributed by atoms with Crippen LogP contribution in [0.4, 0.5) is 10.9 Å². The average molecular weight is 404 g/mol. The van der Waals surface area contributed by atoms with Gasteiger partial charge >= 0.3 is 0 Å². The average Bonchev–Trinajstić information content (AvgIpc) is 3.35. The molecule has 0 unspecified atom stereocenters. The molecule has 0 saturated heterocycles. The number of benzene rings is 1. The molecule has 1 aliphatic carbocycles. The van der Waals surface area contributed by atoms with Gasteiger partial charge < -0.3 is 10.6 Å². The minimum absolute atomic E-state index is 0.0606. The summed E-state index contributed by atoms with van der Waals surface area (Å²) in [5, 5.41) is 8.11. The first kappa shape index (κ1) is 17.9. The number of fused-ring (bicyclic) bond motifs is 1. The van der Waals surface area contributed by atoms with Gasteiger partial charge in [-0.15, -0.1) is 0 Å². The van der Waals surface area contributed by atoms with Crippen LogP contribution in [0, 0.1) is 0 Å². The monoisotopic (exact) mass is 403 g/mol. The molecule has 0 bridgehead atoms. The predicted molar refractivity (Wildman–Crippen MR) is 118 cm³/mol. The summed E-state index contributed by atoms with van der Waals surface area (Å²) in [5.74, 6) is 0.836. The molecule has 1 aromatic carbocycles. The number of anilines is 2. The Kier molecular flexibility index (Phi) is 4.73. The van der Waals surface area contributed by atoms with Gasteiger partial charge in [-0.05, 0) is 49.6 Å². The molecule has 146 valence electrons. The Labute approximate surface area is 172 Å². The second-order valence-electron chi connectivity index (χ2n) is 7.29. The number of aromatic nitrogens is 3. The maximum atomic E-state index is 11.9. The zero-order chi connectivity index (χ0) is 19.6. The molecule has 0 spiro atoms. The Morgan fingerprint density at radius 1 is 0.966 bits per heavy atom. The second-order valence-corrected chi connectivity index (χ2v) is 8.32. The van der Waals surface area contributed by atoms with Crippen molar-refractivity contribution in [1.29, 1.82) is 0 Å². The molecule has 0 amide bonds. The van der Waals surface area contributed by atoms with E-state index in [-0.39, 0.29) is 5.56 Å². The van der Waals surface area contributed by atoms with Gasteiger partial charge in [0.05, 0.1) is 22.1 Å². The van der Waals surface area contributed by atoms with Crippen molar-refractivity contribution >= 4 is 32.5 Å². The number of nitrogens with zero attached hydrogens (tertiary/aromatic N) is 3. The van der Waals surface area contributed by atoms with Crippen LogP contribution in [0.2, 0.25) is 0 Å². The fraction of sp³-hybridized carbons (Fsp3) is 0.227. The lowest BCUT2D eigenvalue weighted by Crippen LogP contribution is -2.21. The molecular formula is C22H21N5OS. The van der Waals surface area contributed by atoms with E-state index < -0.39 is 0 Å². The highest BCUT2D eigenvalue weighted by Crippen LogP contribution is 2.30. The van der Waals surface area contributed by atoms with Crippen LogP contribution in [-0.2, 0) is 0 Å². The highest BCUT2D eigenvalue weighted by atomic mass is 32.1. The summed E-state index contributed by atoms with van der Waals surface area (Å²) in [6.07, 6.45) is 6.70. The lowest BCUT2D eigenvalue weighted by atomic mass is 10.2. The zero-order valence-corrected chi connectivity index (χ0v) is 16.6. The summed E-state index contributed by atoms with van der Waals surface area (Å²) >= 11 is 1.71. The normalized spacial score (nSPS) is 18.8. The van der Waals surface area contributed by atoms with E-state index in [9.17, 15) is 4.79 Å². The Hall–Kier alpha value is -3.19. The molecule has 7 heteroatoms. The number of thiazole rings is 1. The molecule has 3 heterocycles. The van der Waals surface area contributed by atoms with E-state index in [4.69, 9.17) is 0 Å². The van der Waals surface area contributed by atoms with Crippen molar-refractivity contribution < 1.29 is 0 Å². The summed E-state index contributed by atoms with van der Waals surface area (Å²) in [5.41, 5.74) is 1.76. The van der Waals surface area contributed by atoms with Crippen molar-refractivity contribution in [3.8, 4) is 5.69 Å². The topological polar surface area (TPSA) is 71.8 Å². The van der Waals surface area contributed by atoms with E-state index in [0.717, 1.165) is 41.4 Å². The van der Waals surface area contributed by atoms with E-state index in [1.807, 2.05) is 30.3 Å². The lowest BCUT2D eigenvalue weighted by Gasteiger charge is -2.15. The van der Waals surface area contributed by atoms with Gasteiger partial charge in [0.25, 0.3) is 5.56 Å². The second kappa shape index (κ2) is 7.67. The summed E-state index contributed by atoms with van der Waals surface area (Å²) < 4.78 is 2.80. The van der Waals surface area contributed by atoms with E-state index in [1.54, 1.807) is 40.4 Å². The summed E-state index contributed by atoms with van der Waals surface area (Å²) in [4.78, 5) is 21.1. The highest BCUT2D eigenvalue weighted by molar-refractivity contribution is 7.22. The summed E-state index contributed by atoms with van der Waals surface area (Å²) in [6.45, 7) is 0. The van der Waals surface area contributed by atoms with Gasteiger partial charge in [-0.1, -0.05) is 29.5 Å². The van der Waals surface area contributed by atoms with E-state index in [2.05, 4.69) is 32.7 Å². The standard InChI is InChI=1S/C22H21N5OS/c28-21-7-3-4-12-27(21)17-10-11-20(23-14-17)24-15-8-9-16(13-15)25-22-26-18-5-1-2-6-19(18)29-22/h1-7,10-12,14-16H,8-9,13H2,(H,23,24)(H,25,26)/t15-,16-/m0/s1. The first-order valence-electron chi connectivity index (χ1n) is 9.77. The van der Waals surface area contributed by atoms with Crippen LogP contribution in [0.15, 0.2) is 71.8 Å². The number of hydrogen-bond donors (Lipinski definition) is 2. The van der Waals surface area contributed by atoms with Crippen molar-refractivity contribution in [3.05, 3.63) is 77.3 Å². The van der Waals surface area contributed by atoms with Crippen molar-refractivity contribution in [2.24, 2.45) is 0 Å². The van der Waals surface area contributed by atoms with Crippen LogP contribution in [-0.4, -0.2) is 26.6 Å². The van der Waals surface area contributed by atoms with Crippen LogP contribution in [0.5, 0.6) is 0 Å². The lowest BCUT2D eigenvalue weighted by molar-refractivity contribution is 0.722. The molecule has 29 heavy (non-hydrogen) atoms. The first-order valence-corrected chi connectivity index (χ1v) is 10.6. The maximum absolute atomic E-state index is 11.9. The van der Waals surface area contributed by atoms with Crippen LogP contribution < -0.4 is 16.2 Å². The Morgan fingerprint density at radius 3 is 2.59 bits per heavy atom. The molecule has 2 N–H and O–H groups in total. The molecular weight excluding hydrogens is 382 g/mol. The molecule has 4 aromatic rings. The third kappa shape index (κ3) is 3.86. The smallest absolute Gasteiger partial charge is 0.255 e. The number of rotatable bonds is 5. The number of pyridine rings is 2. The molecule has 6 nitrogen and oxygen atoms in total. The van der Waals surface area contributed by atoms with Crippen LogP contribution >= 0.6 is 11.3 Å². The predicted octanol–water partition coefficient (Wildman–Crippen LogP) is 4.29. The number of hydrogen-bond acceptors (Lipinski definition) is 6. The van der Waals surface area contributed by atoms with Crippen LogP contribution in [0.3, 0.4) is 0 Å². The number of nitrogens with one attached hydrogen (secondary N) is 2. The molecule has 0 radical (unpaired) electrons. The Bertz CT molecular complexity index is 1150. The minimum atomic E-state index is -0.0606. The van der Waals surface area contributed by atoms with Gasteiger partial charge in [0.15, 0.2) is 5.13 Å². The fourth-order valence-electron chi connectivity index (χ4n) is 3.82.